The molecule has 248 valence electrons. The molecule has 4 rings (SSSR count). The number of hydrogen-bond acceptors (Lipinski definition) is 4. The van der Waals surface area contributed by atoms with Crippen molar-refractivity contribution in [2.45, 2.75) is 64.1 Å². The summed E-state index contributed by atoms with van der Waals surface area (Å²) in [4.78, 5) is 30.1. The number of carbonyl (C=O) groups is 2. The van der Waals surface area contributed by atoms with E-state index < -0.39 is 28.5 Å². The number of aryl methyl sites for hydroxylation is 2. The number of halogens is 3. The Kier molecular flexibility index (Phi) is 12.4. The van der Waals surface area contributed by atoms with Crippen LogP contribution in [0.15, 0.2) is 95.9 Å². The van der Waals surface area contributed by atoms with Crippen molar-refractivity contribution in [2.24, 2.45) is 0 Å². The van der Waals surface area contributed by atoms with Crippen LogP contribution in [0, 0.1) is 13.8 Å². The van der Waals surface area contributed by atoms with Crippen LogP contribution in [0.1, 0.15) is 42.5 Å². The second kappa shape index (κ2) is 16.0. The summed E-state index contributed by atoms with van der Waals surface area (Å²) in [6.07, 6.45) is 0.859. The van der Waals surface area contributed by atoms with Crippen molar-refractivity contribution < 1.29 is 18.0 Å². The molecule has 0 bridgehead atoms. The van der Waals surface area contributed by atoms with Crippen molar-refractivity contribution in [1.29, 1.82) is 0 Å². The normalized spacial score (nSPS) is 12.7. The Hall–Kier alpha value is -3.56. The molecule has 2 atom stereocenters. The van der Waals surface area contributed by atoms with Crippen molar-refractivity contribution in [1.82, 2.24) is 10.2 Å². The van der Waals surface area contributed by atoms with Gasteiger partial charge in [-0.25, -0.2) is 8.42 Å². The van der Waals surface area contributed by atoms with E-state index >= 15 is 0 Å². The lowest BCUT2D eigenvalue weighted by atomic mass is 10.0. The highest BCUT2D eigenvalue weighted by molar-refractivity contribution is 7.92. The Morgan fingerprint density at radius 1 is 0.851 bits per heavy atom. The molecule has 4 aromatic carbocycles. The van der Waals surface area contributed by atoms with E-state index in [0.29, 0.717) is 32.6 Å². The van der Waals surface area contributed by atoms with Crippen molar-refractivity contribution in [3.63, 3.8) is 0 Å². The summed E-state index contributed by atoms with van der Waals surface area (Å²) in [7, 11) is -4.27. The number of sulfonamides is 1. The maximum atomic E-state index is 14.7. The second-order valence-corrected chi connectivity index (χ2v) is 14.7. The fourth-order valence-electron chi connectivity index (χ4n) is 5.03. The molecular weight excluding hydrogens is 677 g/mol. The number of amides is 2. The molecule has 0 fully saturated rings. The molecule has 0 aliphatic heterocycles. The van der Waals surface area contributed by atoms with Gasteiger partial charge in [-0.3, -0.25) is 13.9 Å². The molecule has 11 heteroatoms. The summed E-state index contributed by atoms with van der Waals surface area (Å²) in [5, 5.41) is 4.06. The van der Waals surface area contributed by atoms with Crippen molar-refractivity contribution in [2.75, 3.05) is 10.8 Å². The fraction of sp³-hybridized carbons (Fsp3) is 0.278. The van der Waals surface area contributed by atoms with Gasteiger partial charge in [-0.2, -0.15) is 0 Å². The SMILES string of the molecule is CC[C@@H](C)NC(=O)[C@H](Cc1ccccc1)N(Cc1ccc(Cl)cc1Cl)C(=O)CN(c1cc(Cl)ccc1C)S(=O)(=O)c1ccc(C)cc1. The Morgan fingerprint density at radius 2 is 1.49 bits per heavy atom. The largest absolute Gasteiger partial charge is 0.352 e. The summed E-state index contributed by atoms with van der Waals surface area (Å²) in [5.41, 5.74) is 3.10. The first kappa shape index (κ1) is 36.3. The molecule has 0 heterocycles. The minimum Gasteiger partial charge on any atom is -0.352 e. The molecule has 4 aromatic rings. The standard InChI is InChI=1S/C36H38Cl3N3O4S/c1-5-26(4)40-36(44)34(19-27-9-7-6-8-10-27)41(22-28-14-16-29(37)20-32(28)39)35(43)23-42(33-21-30(38)15-13-25(33)3)47(45,46)31-17-11-24(2)12-18-31/h6-18,20-21,26,34H,5,19,22-23H2,1-4H3,(H,40,44)/t26-,34+/m1/s1. The molecule has 0 radical (unpaired) electrons. The number of nitrogens with zero attached hydrogens (tertiary/aromatic N) is 2. The fourth-order valence-corrected chi connectivity index (χ4v) is 7.14. The number of benzene rings is 4. The van der Waals surface area contributed by atoms with Crippen LogP contribution in [0.5, 0.6) is 0 Å². The molecule has 0 aliphatic rings. The molecule has 0 aliphatic carbocycles. The van der Waals surface area contributed by atoms with E-state index in [4.69, 9.17) is 34.8 Å². The van der Waals surface area contributed by atoms with Gasteiger partial charge < -0.3 is 10.2 Å². The van der Waals surface area contributed by atoms with Crippen molar-refractivity contribution in [3.8, 4) is 0 Å². The summed E-state index contributed by atoms with van der Waals surface area (Å²) in [6, 6.07) is 24.4. The van der Waals surface area contributed by atoms with Gasteiger partial charge in [0.25, 0.3) is 10.0 Å². The molecular formula is C36H38Cl3N3O4S. The van der Waals surface area contributed by atoms with Gasteiger partial charge in [0, 0.05) is 34.1 Å². The van der Waals surface area contributed by atoms with Crippen LogP contribution >= 0.6 is 34.8 Å². The Balaban J connectivity index is 1.86. The smallest absolute Gasteiger partial charge is 0.264 e. The highest BCUT2D eigenvalue weighted by atomic mass is 35.5. The number of anilines is 1. The lowest BCUT2D eigenvalue weighted by Crippen LogP contribution is -2.54. The first-order valence-corrected chi connectivity index (χ1v) is 17.8. The van der Waals surface area contributed by atoms with Crippen LogP contribution in [-0.4, -0.2) is 43.8 Å². The number of rotatable bonds is 13. The van der Waals surface area contributed by atoms with Crippen molar-refractivity contribution >= 4 is 62.3 Å². The molecule has 0 unspecified atom stereocenters. The van der Waals surface area contributed by atoms with Gasteiger partial charge in [0.2, 0.25) is 11.8 Å². The third-order valence-corrected chi connectivity index (χ3v) is 10.6. The first-order valence-electron chi connectivity index (χ1n) is 15.2. The summed E-state index contributed by atoms with van der Waals surface area (Å²) >= 11 is 19.1. The third-order valence-electron chi connectivity index (χ3n) is 7.96. The highest BCUT2D eigenvalue weighted by Crippen LogP contribution is 2.31. The number of nitrogens with one attached hydrogen (secondary N) is 1. The zero-order valence-electron chi connectivity index (χ0n) is 26.7. The van der Waals surface area contributed by atoms with E-state index in [1.165, 1.54) is 23.1 Å². The lowest BCUT2D eigenvalue weighted by Gasteiger charge is -2.35. The second-order valence-electron chi connectivity index (χ2n) is 11.5. The molecule has 0 saturated heterocycles. The van der Waals surface area contributed by atoms with E-state index in [1.54, 1.807) is 49.4 Å². The van der Waals surface area contributed by atoms with Crippen LogP contribution in [-0.2, 0) is 32.6 Å². The summed E-state index contributed by atoms with van der Waals surface area (Å²) in [5.74, 6) is -0.972. The molecule has 7 nitrogen and oxygen atoms in total. The van der Waals surface area contributed by atoms with Crippen LogP contribution in [0.3, 0.4) is 0 Å². The molecule has 0 saturated carbocycles. The van der Waals surface area contributed by atoms with Crippen LogP contribution in [0.25, 0.3) is 0 Å². The zero-order valence-corrected chi connectivity index (χ0v) is 29.8. The molecule has 0 spiro atoms. The average Bonchev–Trinajstić information content (AvgIpc) is 3.04. The molecule has 0 aromatic heterocycles. The van der Waals surface area contributed by atoms with Gasteiger partial charge in [0.05, 0.1) is 10.6 Å². The first-order chi connectivity index (χ1) is 22.3. The van der Waals surface area contributed by atoms with E-state index in [0.717, 1.165) is 15.4 Å². The Morgan fingerprint density at radius 3 is 2.13 bits per heavy atom. The zero-order chi connectivity index (χ0) is 34.3. The maximum absolute atomic E-state index is 14.7. The minimum absolute atomic E-state index is 0.0120. The average molecular weight is 715 g/mol. The van der Waals surface area contributed by atoms with Crippen LogP contribution < -0.4 is 9.62 Å². The van der Waals surface area contributed by atoms with Crippen LogP contribution in [0.4, 0.5) is 5.69 Å². The summed E-state index contributed by atoms with van der Waals surface area (Å²) in [6.45, 7) is 6.76. The number of hydrogen-bond donors (Lipinski definition) is 1. The highest BCUT2D eigenvalue weighted by Gasteiger charge is 2.35. The predicted octanol–water partition coefficient (Wildman–Crippen LogP) is 8.01. The van der Waals surface area contributed by atoms with E-state index in [2.05, 4.69) is 5.32 Å². The van der Waals surface area contributed by atoms with Gasteiger partial charge in [-0.15, -0.1) is 0 Å². The van der Waals surface area contributed by atoms with Crippen molar-refractivity contribution in [3.05, 3.63) is 128 Å². The monoisotopic (exact) mass is 713 g/mol. The topological polar surface area (TPSA) is 86.8 Å². The molecule has 2 amide bonds. The van der Waals surface area contributed by atoms with Gasteiger partial charge in [-0.1, -0.05) is 102 Å². The number of carbonyl (C=O) groups excluding carboxylic acids is 2. The van der Waals surface area contributed by atoms with Gasteiger partial charge in [0.1, 0.15) is 12.6 Å². The third kappa shape index (κ3) is 9.29. The Bertz CT molecular complexity index is 1820. The lowest BCUT2D eigenvalue weighted by molar-refractivity contribution is -0.140. The van der Waals surface area contributed by atoms with E-state index in [-0.39, 0.29) is 35.5 Å². The Labute approximate surface area is 292 Å². The van der Waals surface area contributed by atoms with Gasteiger partial charge in [0.15, 0.2) is 0 Å². The predicted molar refractivity (Wildman–Crippen MR) is 191 cm³/mol. The minimum atomic E-state index is -4.27. The molecule has 47 heavy (non-hydrogen) atoms. The molecule has 1 N–H and O–H groups in total. The van der Waals surface area contributed by atoms with Crippen LogP contribution in [0.2, 0.25) is 15.1 Å². The maximum Gasteiger partial charge on any atom is 0.264 e. The summed E-state index contributed by atoms with van der Waals surface area (Å²) < 4.78 is 29.6. The van der Waals surface area contributed by atoms with Gasteiger partial charge >= 0.3 is 0 Å². The van der Waals surface area contributed by atoms with Gasteiger partial charge in [-0.05, 0) is 80.3 Å². The van der Waals surface area contributed by atoms with E-state index in [9.17, 15) is 18.0 Å². The quantitative estimate of drug-likeness (QED) is 0.152. The van der Waals surface area contributed by atoms with E-state index in [1.807, 2.05) is 51.1 Å².